The predicted molar refractivity (Wildman–Crippen MR) is 73.3 cm³/mol. The topological polar surface area (TPSA) is 59.3 Å². The number of hydrogen-bond donors (Lipinski definition) is 1. The summed E-state index contributed by atoms with van der Waals surface area (Å²) in [5.41, 5.74) is 3.05. The fraction of sp³-hybridized carbons (Fsp3) is 0.375. The molecule has 1 aliphatic heterocycles. The monoisotopic (exact) mass is 269 g/mol. The predicted octanol–water partition coefficient (Wildman–Crippen LogP) is 2.83. The standard InChI is InChI=1S/C16H15NO3/c18-15-6-4-11(16(19)17-15)13-8-20-14-5-3-10(7-12(13)14)9-1-2-9/h3,5,7-9,11H,1-2,4,6H2,(H,17,18,19). The molecule has 2 amide bonds. The quantitative estimate of drug-likeness (QED) is 0.853. The molecule has 1 aromatic carbocycles. The van der Waals surface area contributed by atoms with E-state index in [2.05, 4.69) is 17.4 Å². The van der Waals surface area contributed by atoms with Gasteiger partial charge in [0, 0.05) is 17.4 Å². The Bertz CT molecular complexity index is 712. The van der Waals surface area contributed by atoms with E-state index in [-0.39, 0.29) is 17.7 Å². The third kappa shape index (κ3) is 1.83. The summed E-state index contributed by atoms with van der Waals surface area (Å²) in [6.45, 7) is 0. The van der Waals surface area contributed by atoms with Gasteiger partial charge >= 0.3 is 0 Å². The normalized spacial score (nSPS) is 23.1. The van der Waals surface area contributed by atoms with Crippen molar-refractivity contribution in [2.24, 2.45) is 0 Å². The largest absolute Gasteiger partial charge is 0.464 e. The summed E-state index contributed by atoms with van der Waals surface area (Å²) in [5, 5.41) is 3.43. The Balaban J connectivity index is 1.77. The summed E-state index contributed by atoms with van der Waals surface area (Å²) in [5.74, 6) is 0.00538. The average molecular weight is 269 g/mol. The SMILES string of the molecule is O=C1CCC(c2coc3ccc(C4CC4)cc23)C(=O)N1. The number of carbonyl (C=O) groups excluding carboxylic acids is 2. The summed E-state index contributed by atoms with van der Waals surface area (Å²) in [6.07, 6.45) is 5.12. The van der Waals surface area contributed by atoms with Crippen molar-refractivity contribution in [1.29, 1.82) is 0 Å². The number of benzene rings is 1. The van der Waals surface area contributed by atoms with Crippen LogP contribution in [-0.4, -0.2) is 11.8 Å². The van der Waals surface area contributed by atoms with Crippen molar-refractivity contribution < 1.29 is 14.0 Å². The molecule has 2 fully saturated rings. The third-order valence-corrected chi connectivity index (χ3v) is 4.29. The lowest BCUT2D eigenvalue weighted by atomic mass is 9.90. The van der Waals surface area contributed by atoms with Gasteiger partial charge in [-0.1, -0.05) is 6.07 Å². The molecule has 1 saturated heterocycles. The van der Waals surface area contributed by atoms with Crippen LogP contribution < -0.4 is 5.32 Å². The van der Waals surface area contributed by atoms with Gasteiger partial charge in [0.2, 0.25) is 11.8 Å². The zero-order chi connectivity index (χ0) is 13.7. The Morgan fingerprint density at radius 3 is 2.75 bits per heavy atom. The van der Waals surface area contributed by atoms with Crippen LogP contribution in [0.5, 0.6) is 0 Å². The van der Waals surface area contributed by atoms with Gasteiger partial charge in [-0.15, -0.1) is 0 Å². The molecule has 102 valence electrons. The first-order valence-corrected chi connectivity index (χ1v) is 7.07. The number of furan rings is 1. The van der Waals surface area contributed by atoms with Crippen LogP contribution in [0.3, 0.4) is 0 Å². The van der Waals surface area contributed by atoms with Gasteiger partial charge in [-0.2, -0.15) is 0 Å². The maximum absolute atomic E-state index is 12.0. The molecule has 0 spiro atoms. The highest BCUT2D eigenvalue weighted by atomic mass is 16.3. The van der Waals surface area contributed by atoms with Crippen molar-refractivity contribution in [1.82, 2.24) is 5.32 Å². The zero-order valence-electron chi connectivity index (χ0n) is 11.0. The number of fused-ring (bicyclic) bond motifs is 1. The lowest BCUT2D eigenvalue weighted by molar-refractivity contribution is -0.134. The summed E-state index contributed by atoms with van der Waals surface area (Å²) in [4.78, 5) is 23.3. The molecule has 4 rings (SSSR count). The summed E-state index contributed by atoms with van der Waals surface area (Å²) in [6, 6.07) is 6.24. The minimum Gasteiger partial charge on any atom is -0.464 e. The highest BCUT2D eigenvalue weighted by molar-refractivity contribution is 6.02. The molecule has 0 radical (unpaired) electrons. The maximum Gasteiger partial charge on any atom is 0.234 e. The number of rotatable bonds is 2. The molecule has 1 aliphatic carbocycles. The molecule has 4 heteroatoms. The van der Waals surface area contributed by atoms with Crippen LogP contribution in [0.4, 0.5) is 0 Å². The van der Waals surface area contributed by atoms with Crippen molar-refractivity contribution >= 4 is 22.8 Å². The molecule has 1 atom stereocenters. The highest BCUT2D eigenvalue weighted by Crippen LogP contribution is 2.42. The fourth-order valence-corrected chi connectivity index (χ4v) is 3.00. The van der Waals surface area contributed by atoms with Crippen LogP contribution in [0, 0.1) is 0 Å². The van der Waals surface area contributed by atoms with E-state index in [0.29, 0.717) is 18.8 Å². The van der Waals surface area contributed by atoms with Crippen molar-refractivity contribution in [3.63, 3.8) is 0 Å². The minimum atomic E-state index is -0.275. The number of carbonyl (C=O) groups is 2. The van der Waals surface area contributed by atoms with Gasteiger partial charge in [0.05, 0.1) is 12.2 Å². The van der Waals surface area contributed by atoms with E-state index in [0.717, 1.165) is 16.5 Å². The molecule has 0 bridgehead atoms. The smallest absolute Gasteiger partial charge is 0.234 e. The Kier molecular flexibility index (Phi) is 2.46. The summed E-state index contributed by atoms with van der Waals surface area (Å²) < 4.78 is 5.57. The van der Waals surface area contributed by atoms with E-state index in [1.54, 1.807) is 6.26 Å². The van der Waals surface area contributed by atoms with Crippen LogP contribution in [-0.2, 0) is 9.59 Å². The Hall–Kier alpha value is -2.10. The van der Waals surface area contributed by atoms with Gasteiger partial charge < -0.3 is 4.42 Å². The average Bonchev–Trinajstić information content (AvgIpc) is 3.20. The fourth-order valence-electron chi connectivity index (χ4n) is 3.00. The second kappa shape index (κ2) is 4.20. The second-order valence-electron chi connectivity index (χ2n) is 5.72. The highest BCUT2D eigenvalue weighted by Gasteiger charge is 2.31. The number of nitrogens with one attached hydrogen (secondary N) is 1. The first-order valence-electron chi connectivity index (χ1n) is 7.07. The van der Waals surface area contributed by atoms with Crippen molar-refractivity contribution in [2.75, 3.05) is 0 Å². The van der Waals surface area contributed by atoms with Gasteiger partial charge in [-0.25, -0.2) is 0 Å². The molecule has 1 saturated carbocycles. The molecule has 4 nitrogen and oxygen atoms in total. The first kappa shape index (κ1) is 11.7. The van der Waals surface area contributed by atoms with Gasteiger partial charge in [0.15, 0.2) is 0 Å². The van der Waals surface area contributed by atoms with E-state index in [1.807, 2.05) is 6.07 Å². The molecular weight excluding hydrogens is 254 g/mol. The lowest BCUT2D eigenvalue weighted by Gasteiger charge is -2.19. The molecule has 20 heavy (non-hydrogen) atoms. The van der Waals surface area contributed by atoms with E-state index in [9.17, 15) is 9.59 Å². The van der Waals surface area contributed by atoms with Gasteiger partial charge in [0.1, 0.15) is 5.58 Å². The van der Waals surface area contributed by atoms with Crippen LogP contribution in [0.1, 0.15) is 48.6 Å². The van der Waals surface area contributed by atoms with Crippen molar-refractivity contribution in [2.45, 2.75) is 37.5 Å². The van der Waals surface area contributed by atoms with Crippen molar-refractivity contribution in [3.05, 3.63) is 35.6 Å². The van der Waals surface area contributed by atoms with Gasteiger partial charge in [0.25, 0.3) is 0 Å². The Morgan fingerprint density at radius 2 is 2.00 bits per heavy atom. The van der Waals surface area contributed by atoms with E-state index >= 15 is 0 Å². The molecule has 2 heterocycles. The maximum atomic E-state index is 12.0. The molecule has 1 aromatic heterocycles. The number of piperidine rings is 1. The van der Waals surface area contributed by atoms with Gasteiger partial charge in [-0.05, 0) is 42.9 Å². The number of hydrogen-bond acceptors (Lipinski definition) is 3. The minimum absolute atomic E-state index is 0.183. The molecular formula is C16H15NO3. The second-order valence-corrected chi connectivity index (χ2v) is 5.72. The Labute approximate surface area is 116 Å². The first-order chi connectivity index (χ1) is 9.72. The summed E-state index contributed by atoms with van der Waals surface area (Å²) >= 11 is 0. The molecule has 2 aliphatic rings. The zero-order valence-corrected chi connectivity index (χ0v) is 11.0. The lowest BCUT2D eigenvalue weighted by Crippen LogP contribution is -2.39. The third-order valence-electron chi connectivity index (χ3n) is 4.29. The molecule has 2 aromatic rings. The van der Waals surface area contributed by atoms with Gasteiger partial charge in [-0.3, -0.25) is 14.9 Å². The van der Waals surface area contributed by atoms with Crippen LogP contribution in [0.25, 0.3) is 11.0 Å². The Morgan fingerprint density at radius 1 is 1.15 bits per heavy atom. The molecule has 1 unspecified atom stereocenters. The van der Waals surface area contributed by atoms with E-state index < -0.39 is 0 Å². The van der Waals surface area contributed by atoms with Crippen LogP contribution in [0.15, 0.2) is 28.9 Å². The van der Waals surface area contributed by atoms with Crippen LogP contribution in [0.2, 0.25) is 0 Å². The molecule has 1 N–H and O–H groups in total. The van der Waals surface area contributed by atoms with E-state index in [4.69, 9.17) is 4.42 Å². The number of amides is 2. The van der Waals surface area contributed by atoms with E-state index in [1.165, 1.54) is 18.4 Å². The number of imide groups is 1. The van der Waals surface area contributed by atoms with Crippen LogP contribution >= 0.6 is 0 Å². The summed E-state index contributed by atoms with van der Waals surface area (Å²) in [7, 11) is 0. The van der Waals surface area contributed by atoms with Crippen molar-refractivity contribution in [3.8, 4) is 0 Å².